The Hall–Kier alpha value is -3.74. The van der Waals surface area contributed by atoms with Crippen LogP contribution in [0.2, 0.25) is 0 Å². The number of likely N-dealkylation sites (tertiary alicyclic amines) is 1. The number of amides is 2. The van der Waals surface area contributed by atoms with Gasteiger partial charge in [-0.3, -0.25) is 9.59 Å². The Morgan fingerprint density at radius 1 is 1.00 bits per heavy atom. The van der Waals surface area contributed by atoms with Gasteiger partial charge in [-0.1, -0.05) is 42.5 Å². The Morgan fingerprint density at radius 3 is 2.39 bits per heavy atom. The van der Waals surface area contributed by atoms with Gasteiger partial charge in [-0.25, -0.2) is 0 Å². The predicted octanol–water partition coefficient (Wildman–Crippen LogP) is 4.35. The number of fused-ring (bicyclic) bond motifs is 1. The average molecular weight is 489 g/mol. The van der Waals surface area contributed by atoms with Crippen LogP contribution in [0.1, 0.15) is 34.5 Å². The number of carbonyl (C=O) groups excluding carboxylic acids is 2. The minimum Gasteiger partial charge on any atom is -0.485 e. The number of furan rings is 1. The highest BCUT2D eigenvalue weighted by atomic mass is 16.6. The monoisotopic (exact) mass is 488 g/mol. The van der Waals surface area contributed by atoms with E-state index < -0.39 is 6.10 Å². The second-order valence-electron chi connectivity index (χ2n) is 9.59. The van der Waals surface area contributed by atoms with Crippen LogP contribution in [-0.4, -0.2) is 60.5 Å². The van der Waals surface area contributed by atoms with Crippen LogP contribution >= 0.6 is 0 Å². The van der Waals surface area contributed by atoms with E-state index in [1.807, 2.05) is 66.2 Å². The first-order chi connectivity index (χ1) is 17.5. The lowest BCUT2D eigenvalue weighted by atomic mass is 9.84. The number of nitrogens with zero attached hydrogens (tertiary/aromatic N) is 2. The molecule has 36 heavy (non-hydrogen) atoms. The lowest BCUT2D eigenvalue weighted by Gasteiger charge is -2.41. The van der Waals surface area contributed by atoms with Gasteiger partial charge in [-0.15, -0.1) is 0 Å². The fraction of sp³-hybridized carbons (Fsp3) is 0.379. The van der Waals surface area contributed by atoms with E-state index in [1.54, 1.807) is 12.3 Å². The second kappa shape index (κ2) is 10.5. The number of benzene rings is 2. The van der Waals surface area contributed by atoms with E-state index in [9.17, 15) is 9.59 Å². The Labute approximate surface area is 211 Å². The molecule has 188 valence electrons. The Kier molecular flexibility index (Phi) is 6.98. The van der Waals surface area contributed by atoms with Crippen LogP contribution in [0, 0.1) is 12.8 Å². The number of likely N-dealkylation sites (N-methyl/N-ethyl adjacent to an activating group) is 1. The smallest absolute Gasteiger partial charge is 0.267 e. The maximum absolute atomic E-state index is 13.4. The fourth-order valence-corrected chi connectivity index (χ4v) is 5.27. The summed E-state index contributed by atoms with van der Waals surface area (Å²) < 4.78 is 17.1. The van der Waals surface area contributed by atoms with Crippen LogP contribution in [-0.2, 0) is 11.2 Å². The van der Waals surface area contributed by atoms with Gasteiger partial charge in [-0.2, -0.15) is 0 Å². The van der Waals surface area contributed by atoms with Crippen molar-refractivity contribution >= 4 is 11.8 Å². The number of hydrogen-bond donors (Lipinski definition) is 0. The molecule has 0 radical (unpaired) electrons. The number of hydrogen-bond acceptors (Lipinski definition) is 5. The van der Waals surface area contributed by atoms with Crippen molar-refractivity contribution in [3.05, 3.63) is 83.8 Å². The van der Waals surface area contributed by atoms with E-state index in [1.165, 1.54) is 5.56 Å². The molecule has 2 atom stereocenters. The summed E-state index contributed by atoms with van der Waals surface area (Å²) in [6.45, 7) is 3.28. The van der Waals surface area contributed by atoms with Crippen LogP contribution in [0.3, 0.4) is 0 Å². The molecule has 1 saturated heterocycles. The fourth-order valence-electron chi connectivity index (χ4n) is 5.27. The molecule has 1 aromatic heterocycles. The third kappa shape index (κ3) is 4.96. The normalized spacial score (nSPS) is 18.5. The van der Waals surface area contributed by atoms with Crippen molar-refractivity contribution in [2.24, 2.45) is 5.92 Å². The summed E-state index contributed by atoms with van der Waals surface area (Å²) in [5.74, 6) is 2.09. The van der Waals surface area contributed by atoms with Gasteiger partial charge in [0.2, 0.25) is 6.10 Å². The molecule has 5 rings (SSSR count). The third-order valence-corrected chi connectivity index (χ3v) is 7.37. The SMILES string of the molecule is Cc1occc1C(=O)N(C)C(Cc1ccccc1)C1CCN(C(=O)C2COc3ccccc3O2)CC1. The van der Waals surface area contributed by atoms with Crippen molar-refractivity contribution in [3.8, 4) is 11.5 Å². The van der Waals surface area contributed by atoms with Gasteiger partial charge >= 0.3 is 0 Å². The molecule has 2 amide bonds. The van der Waals surface area contributed by atoms with Gasteiger partial charge in [-0.05, 0) is 55.9 Å². The van der Waals surface area contributed by atoms with Crippen molar-refractivity contribution in [3.63, 3.8) is 0 Å². The first-order valence-electron chi connectivity index (χ1n) is 12.5. The Balaban J connectivity index is 1.27. The molecule has 2 aromatic carbocycles. The molecule has 7 heteroatoms. The highest BCUT2D eigenvalue weighted by Gasteiger charge is 2.37. The van der Waals surface area contributed by atoms with Crippen LogP contribution < -0.4 is 9.47 Å². The molecule has 2 aliphatic heterocycles. The number of rotatable bonds is 6. The zero-order valence-corrected chi connectivity index (χ0v) is 20.8. The van der Waals surface area contributed by atoms with Crippen LogP contribution in [0.5, 0.6) is 11.5 Å². The highest BCUT2D eigenvalue weighted by Crippen LogP contribution is 2.33. The molecule has 0 N–H and O–H groups in total. The van der Waals surface area contributed by atoms with Crippen molar-refractivity contribution in [2.75, 3.05) is 26.7 Å². The van der Waals surface area contributed by atoms with Crippen molar-refractivity contribution < 1.29 is 23.5 Å². The molecule has 7 nitrogen and oxygen atoms in total. The summed E-state index contributed by atoms with van der Waals surface area (Å²) in [5, 5.41) is 0. The summed E-state index contributed by atoms with van der Waals surface area (Å²) >= 11 is 0. The number of para-hydroxylation sites is 2. The highest BCUT2D eigenvalue weighted by molar-refractivity contribution is 5.95. The molecule has 0 bridgehead atoms. The molecule has 0 saturated carbocycles. The summed E-state index contributed by atoms with van der Waals surface area (Å²) in [6.07, 6.45) is 3.31. The predicted molar refractivity (Wildman–Crippen MR) is 135 cm³/mol. The first kappa shape index (κ1) is 24.0. The Bertz CT molecular complexity index is 1200. The topological polar surface area (TPSA) is 72.2 Å². The van der Waals surface area contributed by atoms with Gasteiger partial charge in [0.15, 0.2) is 11.5 Å². The standard InChI is InChI=1S/C29H32N2O5/c1-20-23(14-17-34-20)28(32)30(2)24(18-21-8-4-3-5-9-21)22-12-15-31(16-13-22)29(33)27-19-35-25-10-6-7-11-26(25)36-27/h3-11,14,17,22,24,27H,12-13,15-16,18-19H2,1-2H3. The summed E-state index contributed by atoms with van der Waals surface area (Å²) in [6, 6.07) is 19.4. The van der Waals surface area contributed by atoms with Crippen molar-refractivity contribution in [1.82, 2.24) is 9.80 Å². The minimum absolute atomic E-state index is 0.00703. The first-order valence-corrected chi connectivity index (χ1v) is 12.5. The number of carbonyl (C=O) groups is 2. The van der Waals surface area contributed by atoms with Crippen LogP contribution in [0.4, 0.5) is 0 Å². The summed E-state index contributed by atoms with van der Waals surface area (Å²) in [7, 11) is 1.88. The quantitative estimate of drug-likeness (QED) is 0.516. The molecule has 0 spiro atoms. The number of ether oxygens (including phenoxy) is 2. The third-order valence-electron chi connectivity index (χ3n) is 7.37. The van der Waals surface area contributed by atoms with Crippen LogP contribution in [0.25, 0.3) is 0 Å². The minimum atomic E-state index is -0.634. The van der Waals surface area contributed by atoms with Gasteiger partial charge in [0.25, 0.3) is 11.8 Å². The summed E-state index contributed by atoms with van der Waals surface area (Å²) in [5.41, 5.74) is 1.79. The molecular weight excluding hydrogens is 456 g/mol. The molecule has 2 unspecified atom stereocenters. The zero-order chi connectivity index (χ0) is 25.1. The molecule has 0 aliphatic carbocycles. The average Bonchev–Trinajstić information content (AvgIpc) is 3.36. The lowest BCUT2D eigenvalue weighted by molar-refractivity contribution is -0.142. The Morgan fingerprint density at radius 2 is 1.69 bits per heavy atom. The van der Waals surface area contributed by atoms with Gasteiger partial charge < -0.3 is 23.7 Å². The number of piperidine rings is 1. The van der Waals surface area contributed by atoms with E-state index >= 15 is 0 Å². The molecule has 3 heterocycles. The van der Waals surface area contributed by atoms with E-state index in [4.69, 9.17) is 13.9 Å². The molecule has 3 aromatic rings. The molecule has 2 aliphatic rings. The van der Waals surface area contributed by atoms with Gasteiger partial charge in [0, 0.05) is 26.2 Å². The van der Waals surface area contributed by atoms with Crippen molar-refractivity contribution in [1.29, 1.82) is 0 Å². The van der Waals surface area contributed by atoms with Crippen LogP contribution in [0.15, 0.2) is 71.3 Å². The van der Waals surface area contributed by atoms with E-state index in [0.29, 0.717) is 35.9 Å². The largest absolute Gasteiger partial charge is 0.485 e. The second-order valence-corrected chi connectivity index (χ2v) is 9.59. The van der Waals surface area contributed by atoms with Gasteiger partial charge in [0.05, 0.1) is 11.8 Å². The maximum Gasteiger partial charge on any atom is 0.267 e. The summed E-state index contributed by atoms with van der Waals surface area (Å²) in [4.78, 5) is 30.3. The zero-order valence-electron chi connectivity index (χ0n) is 20.8. The van der Waals surface area contributed by atoms with E-state index in [2.05, 4.69) is 12.1 Å². The van der Waals surface area contributed by atoms with Crippen molar-refractivity contribution in [2.45, 2.75) is 38.3 Å². The maximum atomic E-state index is 13.4. The van der Waals surface area contributed by atoms with E-state index in [0.717, 1.165) is 19.3 Å². The lowest BCUT2D eigenvalue weighted by Crippen LogP contribution is -2.52. The van der Waals surface area contributed by atoms with Gasteiger partial charge in [0.1, 0.15) is 12.4 Å². The number of aryl methyl sites for hydroxylation is 1. The molecule has 1 fully saturated rings. The molecular formula is C29H32N2O5. The van der Waals surface area contributed by atoms with E-state index in [-0.39, 0.29) is 30.4 Å².